The zero-order chi connectivity index (χ0) is 14.4. The molecule has 5 heteroatoms. The lowest BCUT2D eigenvalue weighted by Gasteiger charge is -2.14. The van der Waals surface area contributed by atoms with Crippen molar-refractivity contribution in [3.8, 4) is 0 Å². The third-order valence-electron chi connectivity index (χ3n) is 4.38. The monoisotopic (exact) mass is 286 g/mol. The Hall–Kier alpha value is -1.88. The molecule has 2 aromatic rings. The van der Waals surface area contributed by atoms with Gasteiger partial charge in [-0.25, -0.2) is 9.78 Å². The Labute approximate surface area is 122 Å². The van der Waals surface area contributed by atoms with Crippen molar-refractivity contribution in [1.82, 2.24) is 9.55 Å². The van der Waals surface area contributed by atoms with Crippen LogP contribution in [0.3, 0.4) is 0 Å². The number of carboxylic acid groups (broad SMARTS) is 1. The molecule has 1 saturated carbocycles. The maximum atomic E-state index is 11.5. The van der Waals surface area contributed by atoms with Crippen LogP contribution in [-0.4, -0.2) is 33.3 Å². The van der Waals surface area contributed by atoms with E-state index in [1.165, 1.54) is 0 Å². The van der Waals surface area contributed by atoms with E-state index in [2.05, 4.69) is 4.57 Å². The summed E-state index contributed by atoms with van der Waals surface area (Å²) in [6.07, 6.45) is 4.61. The SMILES string of the molecule is O=C(O)c1cccc2nc(C3CC3)n(CC3CCCO3)c12. The zero-order valence-corrected chi connectivity index (χ0v) is 11.8. The minimum atomic E-state index is -0.892. The Balaban J connectivity index is 1.86. The summed E-state index contributed by atoms with van der Waals surface area (Å²) in [6, 6.07) is 5.33. The molecule has 5 nitrogen and oxygen atoms in total. The molecule has 110 valence electrons. The molecule has 1 atom stereocenters. The van der Waals surface area contributed by atoms with Crippen LogP contribution >= 0.6 is 0 Å². The molecule has 4 rings (SSSR count). The van der Waals surface area contributed by atoms with Crippen LogP contribution in [0.15, 0.2) is 18.2 Å². The van der Waals surface area contributed by atoms with Crippen LogP contribution in [0.1, 0.15) is 47.8 Å². The number of benzene rings is 1. The van der Waals surface area contributed by atoms with Crippen LogP contribution in [-0.2, 0) is 11.3 Å². The topological polar surface area (TPSA) is 64.3 Å². The highest BCUT2D eigenvalue weighted by atomic mass is 16.5. The molecule has 1 saturated heterocycles. The predicted octanol–water partition coefficient (Wildman–Crippen LogP) is 2.79. The Morgan fingerprint density at radius 3 is 2.90 bits per heavy atom. The fraction of sp³-hybridized carbons (Fsp3) is 0.500. The van der Waals surface area contributed by atoms with Crippen LogP contribution in [0.5, 0.6) is 0 Å². The molecular formula is C16H18N2O3. The van der Waals surface area contributed by atoms with E-state index in [0.29, 0.717) is 18.0 Å². The Morgan fingerprint density at radius 2 is 2.24 bits per heavy atom. The molecule has 21 heavy (non-hydrogen) atoms. The van der Waals surface area contributed by atoms with Gasteiger partial charge in [-0.1, -0.05) is 6.07 Å². The number of carboxylic acids is 1. The third-order valence-corrected chi connectivity index (χ3v) is 4.38. The van der Waals surface area contributed by atoms with Crippen molar-refractivity contribution in [3.63, 3.8) is 0 Å². The van der Waals surface area contributed by atoms with Crippen LogP contribution in [0.25, 0.3) is 11.0 Å². The highest BCUT2D eigenvalue weighted by Gasteiger charge is 2.32. The highest BCUT2D eigenvalue weighted by Crippen LogP contribution is 2.41. The second kappa shape index (κ2) is 4.84. The summed E-state index contributed by atoms with van der Waals surface area (Å²) < 4.78 is 7.84. The Bertz CT molecular complexity index is 697. The van der Waals surface area contributed by atoms with Gasteiger partial charge in [0.05, 0.1) is 29.2 Å². The number of rotatable bonds is 4. The first-order chi connectivity index (χ1) is 10.2. The van der Waals surface area contributed by atoms with Crippen molar-refractivity contribution in [2.24, 2.45) is 0 Å². The summed E-state index contributed by atoms with van der Waals surface area (Å²) in [6.45, 7) is 1.52. The van der Waals surface area contributed by atoms with Gasteiger partial charge in [-0.3, -0.25) is 0 Å². The molecule has 0 bridgehead atoms. The van der Waals surface area contributed by atoms with Gasteiger partial charge in [0.1, 0.15) is 5.82 Å². The van der Waals surface area contributed by atoms with Crippen LogP contribution < -0.4 is 0 Å². The van der Waals surface area contributed by atoms with E-state index in [1.807, 2.05) is 6.07 Å². The van der Waals surface area contributed by atoms with E-state index in [1.54, 1.807) is 12.1 Å². The highest BCUT2D eigenvalue weighted by molar-refractivity contribution is 6.01. The minimum Gasteiger partial charge on any atom is -0.478 e. The smallest absolute Gasteiger partial charge is 0.337 e. The fourth-order valence-corrected chi connectivity index (χ4v) is 3.21. The Morgan fingerprint density at radius 1 is 1.38 bits per heavy atom. The summed E-state index contributed by atoms with van der Waals surface area (Å²) in [5, 5.41) is 9.46. The summed E-state index contributed by atoms with van der Waals surface area (Å²) in [7, 11) is 0. The largest absolute Gasteiger partial charge is 0.478 e. The summed E-state index contributed by atoms with van der Waals surface area (Å²) >= 11 is 0. The standard InChI is InChI=1S/C16H18N2O3/c19-16(20)12-4-1-5-13-14(12)18(9-11-3-2-8-21-11)15(17-13)10-6-7-10/h1,4-5,10-11H,2-3,6-9H2,(H,19,20). The van der Waals surface area contributed by atoms with E-state index in [-0.39, 0.29) is 6.10 Å². The first kappa shape index (κ1) is 12.8. The minimum absolute atomic E-state index is 0.182. The van der Waals surface area contributed by atoms with Crippen molar-refractivity contribution >= 4 is 17.0 Å². The van der Waals surface area contributed by atoms with Crippen molar-refractivity contribution < 1.29 is 14.6 Å². The molecule has 1 unspecified atom stereocenters. The van der Waals surface area contributed by atoms with Crippen molar-refractivity contribution in [3.05, 3.63) is 29.6 Å². The van der Waals surface area contributed by atoms with Gasteiger partial charge in [0.15, 0.2) is 0 Å². The second-order valence-electron chi connectivity index (χ2n) is 5.97. The number of para-hydroxylation sites is 1. The number of ether oxygens (including phenoxy) is 1. The van der Waals surface area contributed by atoms with Crippen molar-refractivity contribution in [2.75, 3.05) is 6.61 Å². The van der Waals surface area contributed by atoms with Gasteiger partial charge in [0, 0.05) is 12.5 Å². The number of aromatic carboxylic acids is 1. The summed E-state index contributed by atoms with van der Waals surface area (Å²) in [5.41, 5.74) is 1.88. The van der Waals surface area contributed by atoms with E-state index >= 15 is 0 Å². The fourth-order valence-electron chi connectivity index (χ4n) is 3.21. The molecule has 0 spiro atoms. The van der Waals surface area contributed by atoms with Crippen LogP contribution in [0.2, 0.25) is 0 Å². The zero-order valence-electron chi connectivity index (χ0n) is 11.8. The van der Waals surface area contributed by atoms with E-state index in [9.17, 15) is 9.90 Å². The molecule has 2 fully saturated rings. The van der Waals surface area contributed by atoms with Gasteiger partial charge in [-0.15, -0.1) is 0 Å². The van der Waals surface area contributed by atoms with E-state index in [0.717, 1.165) is 49.1 Å². The molecule has 0 amide bonds. The molecule has 1 aliphatic carbocycles. The van der Waals surface area contributed by atoms with Gasteiger partial charge in [0.25, 0.3) is 0 Å². The second-order valence-corrected chi connectivity index (χ2v) is 5.97. The number of fused-ring (bicyclic) bond motifs is 1. The summed E-state index contributed by atoms with van der Waals surface area (Å²) in [4.78, 5) is 16.2. The quantitative estimate of drug-likeness (QED) is 0.938. The normalized spacial score (nSPS) is 22.0. The first-order valence-corrected chi connectivity index (χ1v) is 7.58. The van der Waals surface area contributed by atoms with Gasteiger partial charge in [0.2, 0.25) is 0 Å². The molecule has 1 N–H and O–H groups in total. The van der Waals surface area contributed by atoms with Gasteiger partial charge >= 0.3 is 5.97 Å². The average molecular weight is 286 g/mol. The number of hydrogen-bond donors (Lipinski definition) is 1. The van der Waals surface area contributed by atoms with Gasteiger partial charge in [-0.2, -0.15) is 0 Å². The molecule has 1 aromatic carbocycles. The summed E-state index contributed by atoms with van der Waals surface area (Å²) in [5.74, 6) is 0.631. The molecule has 1 aromatic heterocycles. The van der Waals surface area contributed by atoms with Gasteiger partial charge in [-0.05, 0) is 37.8 Å². The number of carbonyl (C=O) groups is 1. The molecule has 2 heterocycles. The van der Waals surface area contributed by atoms with Crippen LogP contribution in [0, 0.1) is 0 Å². The maximum absolute atomic E-state index is 11.5. The van der Waals surface area contributed by atoms with Crippen LogP contribution in [0.4, 0.5) is 0 Å². The number of aromatic nitrogens is 2. The predicted molar refractivity (Wildman–Crippen MR) is 77.6 cm³/mol. The lowest BCUT2D eigenvalue weighted by molar-refractivity contribution is 0.0697. The first-order valence-electron chi connectivity index (χ1n) is 7.58. The molecule has 2 aliphatic rings. The number of hydrogen-bond acceptors (Lipinski definition) is 3. The third kappa shape index (κ3) is 2.21. The average Bonchev–Trinajstić information content (AvgIpc) is 3.07. The molecule has 1 aliphatic heterocycles. The number of imidazole rings is 1. The van der Waals surface area contributed by atoms with E-state index < -0.39 is 5.97 Å². The Kier molecular flexibility index (Phi) is 2.96. The van der Waals surface area contributed by atoms with Crippen molar-refractivity contribution in [2.45, 2.75) is 44.2 Å². The van der Waals surface area contributed by atoms with E-state index in [4.69, 9.17) is 9.72 Å². The molecule has 0 radical (unpaired) electrons. The van der Waals surface area contributed by atoms with Crippen molar-refractivity contribution in [1.29, 1.82) is 0 Å². The lowest BCUT2D eigenvalue weighted by Crippen LogP contribution is -2.17. The maximum Gasteiger partial charge on any atom is 0.337 e. The molecular weight excluding hydrogens is 268 g/mol. The van der Waals surface area contributed by atoms with Gasteiger partial charge < -0.3 is 14.4 Å². The number of nitrogens with zero attached hydrogens (tertiary/aromatic N) is 2. The lowest BCUT2D eigenvalue weighted by atomic mass is 10.1.